The zero-order valence-electron chi connectivity index (χ0n) is 10.1. The lowest BCUT2D eigenvalue weighted by atomic mass is 9.99. The van der Waals surface area contributed by atoms with E-state index in [1.807, 2.05) is 6.92 Å². The average molecular weight is 276 g/mol. The standard InChI is InChI=1S/C11H15ClFN3O2/c1-3-7-6(2)11(12,13)9(18-7)16-5-4-8(14)15-10(16)17/h4-7,9H,3H2,1-2H3,(H2,14,15,17)/t6-,7-,9?,11-/m1/s1. The number of alkyl halides is 2. The molecule has 0 saturated carbocycles. The molecule has 7 heteroatoms. The number of anilines is 1. The molecule has 2 rings (SSSR count). The summed E-state index contributed by atoms with van der Waals surface area (Å²) in [4.78, 5) is 15.2. The fourth-order valence-electron chi connectivity index (χ4n) is 2.15. The maximum Gasteiger partial charge on any atom is 0.351 e. The van der Waals surface area contributed by atoms with Crippen LogP contribution in [0, 0.1) is 5.92 Å². The van der Waals surface area contributed by atoms with E-state index in [2.05, 4.69) is 4.98 Å². The van der Waals surface area contributed by atoms with Crippen molar-refractivity contribution in [2.75, 3.05) is 5.73 Å². The molecule has 2 N–H and O–H groups in total. The predicted molar refractivity (Wildman–Crippen MR) is 66.0 cm³/mol. The number of nitrogens with two attached hydrogens (primary N) is 1. The fraction of sp³-hybridized carbons (Fsp3) is 0.636. The van der Waals surface area contributed by atoms with Crippen LogP contribution < -0.4 is 11.4 Å². The van der Waals surface area contributed by atoms with Crippen LogP contribution in [-0.2, 0) is 4.74 Å². The Morgan fingerprint density at radius 3 is 2.89 bits per heavy atom. The average Bonchev–Trinajstić information content (AvgIpc) is 2.52. The summed E-state index contributed by atoms with van der Waals surface area (Å²) in [6.07, 6.45) is 0.450. The van der Waals surface area contributed by atoms with Crippen molar-refractivity contribution in [3.8, 4) is 0 Å². The summed E-state index contributed by atoms with van der Waals surface area (Å²) in [5, 5.41) is -2.14. The summed E-state index contributed by atoms with van der Waals surface area (Å²) in [5.41, 5.74) is 4.71. The van der Waals surface area contributed by atoms with Gasteiger partial charge in [0.15, 0.2) is 6.23 Å². The van der Waals surface area contributed by atoms with E-state index >= 15 is 0 Å². The van der Waals surface area contributed by atoms with Crippen molar-refractivity contribution in [2.24, 2.45) is 5.92 Å². The third kappa shape index (κ3) is 1.99. The molecule has 1 aliphatic heterocycles. The number of nitrogens with zero attached hydrogens (tertiary/aromatic N) is 2. The molecule has 5 nitrogen and oxygen atoms in total. The van der Waals surface area contributed by atoms with E-state index in [0.717, 1.165) is 4.57 Å². The first-order valence-electron chi connectivity index (χ1n) is 5.75. The van der Waals surface area contributed by atoms with Gasteiger partial charge in [-0.25, -0.2) is 9.18 Å². The molecule has 0 spiro atoms. The van der Waals surface area contributed by atoms with Gasteiger partial charge in [-0.1, -0.05) is 25.4 Å². The van der Waals surface area contributed by atoms with E-state index in [1.165, 1.54) is 12.3 Å². The minimum absolute atomic E-state index is 0.0772. The Balaban J connectivity index is 2.42. The Morgan fingerprint density at radius 2 is 2.39 bits per heavy atom. The zero-order valence-corrected chi connectivity index (χ0v) is 10.9. The monoisotopic (exact) mass is 275 g/mol. The molecule has 1 aromatic heterocycles. The van der Waals surface area contributed by atoms with Gasteiger partial charge in [-0.15, -0.1) is 0 Å². The minimum Gasteiger partial charge on any atom is -0.383 e. The number of ether oxygens (including phenoxy) is 1. The molecule has 2 heterocycles. The van der Waals surface area contributed by atoms with Crippen LogP contribution >= 0.6 is 11.6 Å². The lowest BCUT2D eigenvalue weighted by Gasteiger charge is -2.23. The summed E-state index contributed by atoms with van der Waals surface area (Å²) in [7, 11) is 0. The van der Waals surface area contributed by atoms with Gasteiger partial charge in [-0.2, -0.15) is 4.98 Å². The van der Waals surface area contributed by atoms with Crippen molar-refractivity contribution >= 4 is 17.4 Å². The molecular weight excluding hydrogens is 261 g/mol. The van der Waals surface area contributed by atoms with Crippen LogP contribution in [-0.4, -0.2) is 20.8 Å². The van der Waals surface area contributed by atoms with Crippen LogP contribution in [0.5, 0.6) is 0 Å². The third-order valence-electron chi connectivity index (χ3n) is 3.30. The largest absolute Gasteiger partial charge is 0.383 e. The van der Waals surface area contributed by atoms with E-state index in [1.54, 1.807) is 6.92 Å². The lowest BCUT2D eigenvalue weighted by molar-refractivity contribution is -0.0321. The molecule has 1 aliphatic rings. The summed E-state index contributed by atoms with van der Waals surface area (Å²) in [5.74, 6) is -0.438. The number of aromatic nitrogens is 2. The van der Waals surface area contributed by atoms with Crippen molar-refractivity contribution < 1.29 is 9.13 Å². The summed E-state index contributed by atoms with van der Waals surface area (Å²) in [6, 6.07) is 1.40. The van der Waals surface area contributed by atoms with Gasteiger partial charge in [-0.05, 0) is 12.5 Å². The van der Waals surface area contributed by atoms with Crippen LogP contribution in [0.15, 0.2) is 17.1 Å². The molecular formula is C11H15ClFN3O2. The highest BCUT2D eigenvalue weighted by molar-refractivity contribution is 6.23. The van der Waals surface area contributed by atoms with Gasteiger partial charge in [0.1, 0.15) is 5.82 Å². The van der Waals surface area contributed by atoms with Crippen molar-refractivity contribution in [1.29, 1.82) is 0 Å². The first-order chi connectivity index (χ1) is 8.37. The van der Waals surface area contributed by atoms with Crippen LogP contribution in [0.2, 0.25) is 0 Å². The molecule has 0 amide bonds. The molecule has 0 radical (unpaired) electrons. The highest BCUT2D eigenvalue weighted by atomic mass is 35.5. The fourth-order valence-corrected chi connectivity index (χ4v) is 2.45. The van der Waals surface area contributed by atoms with E-state index in [4.69, 9.17) is 22.1 Å². The predicted octanol–water partition coefficient (Wildman–Crippen LogP) is 1.67. The quantitative estimate of drug-likeness (QED) is 0.834. The third-order valence-corrected chi connectivity index (χ3v) is 3.84. The normalized spacial score (nSPS) is 35.9. The van der Waals surface area contributed by atoms with Crippen LogP contribution in [0.1, 0.15) is 26.5 Å². The highest BCUT2D eigenvalue weighted by Gasteiger charge is 2.55. The van der Waals surface area contributed by atoms with Crippen molar-refractivity contribution in [3.05, 3.63) is 22.7 Å². The van der Waals surface area contributed by atoms with Gasteiger partial charge in [0.05, 0.1) is 6.10 Å². The van der Waals surface area contributed by atoms with Gasteiger partial charge in [0.25, 0.3) is 0 Å². The van der Waals surface area contributed by atoms with Gasteiger partial charge in [0, 0.05) is 12.1 Å². The molecule has 1 aromatic rings. The van der Waals surface area contributed by atoms with Crippen LogP contribution in [0.25, 0.3) is 0 Å². The Kier molecular flexibility index (Phi) is 3.33. The first-order valence-corrected chi connectivity index (χ1v) is 6.13. The summed E-state index contributed by atoms with van der Waals surface area (Å²) in [6.45, 7) is 3.54. The van der Waals surface area contributed by atoms with Gasteiger partial charge >= 0.3 is 5.69 Å². The van der Waals surface area contributed by atoms with E-state index in [0.29, 0.717) is 6.42 Å². The van der Waals surface area contributed by atoms with Crippen molar-refractivity contribution in [3.63, 3.8) is 0 Å². The SMILES string of the molecule is CC[C@H]1OC(n2ccc(N)nc2=O)[C@@](F)(Cl)[C@@H]1C. The topological polar surface area (TPSA) is 70.1 Å². The van der Waals surface area contributed by atoms with Crippen molar-refractivity contribution in [2.45, 2.75) is 37.7 Å². The molecule has 1 fully saturated rings. The number of hydrogen-bond acceptors (Lipinski definition) is 4. The molecule has 100 valence electrons. The van der Waals surface area contributed by atoms with Crippen molar-refractivity contribution in [1.82, 2.24) is 9.55 Å². The smallest absolute Gasteiger partial charge is 0.351 e. The second kappa shape index (κ2) is 4.51. The second-order valence-corrected chi connectivity index (χ2v) is 5.02. The summed E-state index contributed by atoms with van der Waals surface area (Å²) < 4.78 is 21.1. The van der Waals surface area contributed by atoms with Crippen LogP contribution in [0.3, 0.4) is 0 Å². The summed E-state index contributed by atoms with van der Waals surface area (Å²) >= 11 is 5.89. The van der Waals surface area contributed by atoms with Crippen LogP contribution in [0.4, 0.5) is 10.2 Å². The molecule has 1 saturated heterocycles. The second-order valence-electron chi connectivity index (χ2n) is 4.44. The van der Waals surface area contributed by atoms with E-state index in [-0.39, 0.29) is 11.9 Å². The van der Waals surface area contributed by atoms with Gasteiger partial charge in [-0.3, -0.25) is 4.57 Å². The maximum absolute atomic E-state index is 14.5. The van der Waals surface area contributed by atoms with E-state index in [9.17, 15) is 9.18 Å². The Labute approximate surface area is 109 Å². The number of hydrogen-bond donors (Lipinski definition) is 1. The Morgan fingerprint density at radius 1 is 1.72 bits per heavy atom. The molecule has 0 aromatic carbocycles. The number of rotatable bonds is 2. The van der Waals surface area contributed by atoms with Gasteiger partial charge in [0.2, 0.25) is 5.13 Å². The number of nitrogen functional groups attached to an aromatic ring is 1. The molecule has 4 atom stereocenters. The molecule has 1 unspecified atom stereocenters. The number of halogens is 2. The minimum atomic E-state index is -2.14. The highest BCUT2D eigenvalue weighted by Crippen LogP contribution is 2.48. The first kappa shape index (κ1) is 13.3. The molecule has 18 heavy (non-hydrogen) atoms. The Hall–Kier alpha value is -1.14. The maximum atomic E-state index is 14.5. The zero-order chi connectivity index (χ0) is 13.5. The van der Waals surface area contributed by atoms with E-state index < -0.39 is 23.0 Å². The molecule has 0 bridgehead atoms. The Bertz CT molecular complexity index is 505. The molecule has 0 aliphatic carbocycles. The lowest BCUT2D eigenvalue weighted by Crippen LogP contribution is -2.36. The van der Waals surface area contributed by atoms with Gasteiger partial charge < -0.3 is 10.5 Å².